The lowest BCUT2D eigenvalue weighted by Gasteiger charge is -2.15. The van der Waals surface area contributed by atoms with Crippen molar-refractivity contribution < 1.29 is 23.8 Å². The highest BCUT2D eigenvalue weighted by Crippen LogP contribution is 2.15. The van der Waals surface area contributed by atoms with Crippen LogP contribution in [0.5, 0.6) is 0 Å². The molecule has 2 rings (SSSR count). The van der Waals surface area contributed by atoms with Gasteiger partial charge in [-0.2, -0.15) is 0 Å². The SMILES string of the molecule is O=C(Cc1cccc(F)c1F)N1CC(O)C(O)C1. The number of hydrogen-bond donors (Lipinski definition) is 2. The lowest BCUT2D eigenvalue weighted by Crippen LogP contribution is -2.31. The van der Waals surface area contributed by atoms with Crippen LogP contribution in [0, 0.1) is 11.6 Å². The molecule has 0 saturated carbocycles. The van der Waals surface area contributed by atoms with Gasteiger partial charge in [0, 0.05) is 18.7 Å². The van der Waals surface area contributed by atoms with Gasteiger partial charge in [-0.15, -0.1) is 0 Å². The maximum atomic E-state index is 13.4. The molecule has 1 fully saturated rings. The molecule has 2 unspecified atom stereocenters. The molecular weight excluding hydrogens is 244 g/mol. The van der Waals surface area contributed by atoms with E-state index in [-0.39, 0.29) is 25.1 Å². The number of amides is 1. The summed E-state index contributed by atoms with van der Waals surface area (Å²) in [5.41, 5.74) is -0.0316. The largest absolute Gasteiger partial charge is 0.388 e. The number of benzene rings is 1. The Kier molecular flexibility index (Phi) is 3.58. The minimum absolute atomic E-state index is 0.0108. The molecule has 0 aromatic heterocycles. The molecule has 0 radical (unpaired) electrons. The van der Waals surface area contributed by atoms with Gasteiger partial charge in [0.1, 0.15) is 0 Å². The Labute approximate surface area is 102 Å². The average molecular weight is 257 g/mol. The van der Waals surface area contributed by atoms with Crippen LogP contribution in [0.25, 0.3) is 0 Å². The van der Waals surface area contributed by atoms with Crippen LogP contribution in [0.4, 0.5) is 8.78 Å². The summed E-state index contributed by atoms with van der Waals surface area (Å²) in [7, 11) is 0. The monoisotopic (exact) mass is 257 g/mol. The van der Waals surface area contributed by atoms with Crippen molar-refractivity contribution in [3.05, 3.63) is 35.4 Å². The number of carbonyl (C=O) groups is 1. The summed E-state index contributed by atoms with van der Waals surface area (Å²) in [5.74, 6) is -2.48. The van der Waals surface area contributed by atoms with Gasteiger partial charge in [-0.05, 0) is 6.07 Å². The third-order valence-corrected chi connectivity index (χ3v) is 2.98. The minimum Gasteiger partial charge on any atom is -0.388 e. The zero-order valence-corrected chi connectivity index (χ0v) is 9.51. The molecule has 6 heteroatoms. The predicted molar refractivity (Wildman–Crippen MR) is 58.7 cm³/mol. The van der Waals surface area contributed by atoms with Crippen LogP contribution in [-0.4, -0.2) is 46.3 Å². The summed E-state index contributed by atoms with van der Waals surface area (Å²) in [6, 6.07) is 3.64. The first-order chi connectivity index (χ1) is 8.49. The fourth-order valence-corrected chi connectivity index (χ4v) is 1.93. The van der Waals surface area contributed by atoms with Crippen molar-refractivity contribution >= 4 is 5.91 Å². The van der Waals surface area contributed by atoms with Crippen LogP contribution >= 0.6 is 0 Å². The molecule has 1 aliphatic heterocycles. The minimum atomic E-state index is -1.04. The predicted octanol–water partition coefficient (Wildman–Crippen LogP) is 0.0713. The van der Waals surface area contributed by atoms with Crippen LogP contribution in [-0.2, 0) is 11.2 Å². The van der Waals surface area contributed by atoms with Crippen LogP contribution in [0.15, 0.2) is 18.2 Å². The van der Waals surface area contributed by atoms with E-state index in [4.69, 9.17) is 0 Å². The fraction of sp³-hybridized carbons (Fsp3) is 0.417. The second-order valence-electron chi connectivity index (χ2n) is 4.32. The molecule has 0 aliphatic carbocycles. The van der Waals surface area contributed by atoms with Gasteiger partial charge in [0.05, 0.1) is 18.6 Å². The molecule has 18 heavy (non-hydrogen) atoms. The fourth-order valence-electron chi connectivity index (χ4n) is 1.93. The average Bonchev–Trinajstić information content (AvgIpc) is 2.66. The number of halogens is 2. The number of aliphatic hydroxyl groups is 2. The van der Waals surface area contributed by atoms with E-state index >= 15 is 0 Å². The molecule has 4 nitrogen and oxygen atoms in total. The number of rotatable bonds is 2. The third-order valence-electron chi connectivity index (χ3n) is 2.98. The molecule has 1 heterocycles. The maximum absolute atomic E-state index is 13.4. The molecule has 1 aromatic rings. The van der Waals surface area contributed by atoms with E-state index in [0.717, 1.165) is 6.07 Å². The van der Waals surface area contributed by atoms with E-state index in [1.54, 1.807) is 0 Å². The zero-order valence-electron chi connectivity index (χ0n) is 9.51. The first-order valence-corrected chi connectivity index (χ1v) is 5.56. The molecule has 0 spiro atoms. The Balaban J connectivity index is 2.06. The topological polar surface area (TPSA) is 60.8 Å². The Morgan fingerprint density at radius 2 is 1.89 bits per heavy atom. The molecule has 2 N–H and O–H groups in total. The Bertz CT molecular complexity index is 457. The van der Waals surface area contributed by atoms with Crippen molar-refractivity contribution in [3.63, 3.8) is 0 Å². The van der Waals surface area contributed by atoms with Crippen LogP contribution in [0.2, 0.25) is 0 Å². The lowest BCUT2D eigenvalue weighted by molar-refractivity contribution is -0.130. The highest BCUT2D eigenvalue weighted by molar-refractivity contribution is 5.79. The molecule has 1 amide bonds. The normalized spacial score (nSPS) is 23.4. The first-order valence-electron chi connectivity index (χ1n) is 5.56. The van der Waals surface area contributed by atoms with Crippen molar-refractivity contribution in [3.8, 4) is 0 Å². The third kappa shape index (κ3) is 2.49. The number of likely N-dealkylation sites (tertiary alicyclic amines) is 1. The standard InChI is InChI=1S/C12H13F2NO3/c13-8-3-1-2-7(12(8)14)4-11(18)15-5-9(16)10(17)6-15/h1-3,9-10,16-17H,4-6H2. The summed E-state index contributed by atoms with van der Waals surface area (Å²) in [4.78, 5) is 13.0. The summed E-state index contributed by atoms with van der Waals surface area (Å²) in [5, 5.41) is 18.6. The molecule has 1 aromatic carbocycles. The quantitative estimate of drug-likeness (QED) is 0.788. The Morgan fingerprint density at radius 1 is 1.28 bits per heavy atom. The highest BCUT2D eigenvalue weighted by Gasteiger charge is 2.32. The maximum Gasteiger partial charge on any atom is 0.227 e. The molecule has 2 atom stereocenters. The second-order valence-corrected chi connectivity index (χ2v) is 4.32. The van der Waals surface area contributed by atoms with E-state index < -0.39 is 29.7 Å². The summed E-state index contributed by atoms with van der Waals surface area (Å²) in [6.45, 7) is 0.0217. The van der Waals surface area contributed by atoms with Crippen LogP contribution < -0.4 is 0 Å². The Morgan fingerprint density at radius 3 is 2.50 bits per heavy atom. The molecule has 1 saturated heterocycles. The van der Waals surface area contributed by atoms with Crippen LogP contribution in [0.3, 0.4) is 0 Å². The molecule has 0 bridgehead atoms. The van der Waals surface area contributed by atoms with Gasteiger partial charge in [-0.1, -0.05) is 12.1 Å². The van der Waals surface area contributed by atoms with Gasteiger partial charge in [0.2, 0.25) is 5.91 Å². The smallest absolute Gasteiger partial charge is 0.227 e. The van der Waals surface area contributed by atoms with Crippen molar-refractivity contribution in [1.29, 1.82) is 0 Å². The number of hydrogen-bond acceptors (Lipinski definition) is 3. The number of β-amino-alcohol motifs (C(OH)–C–C–N with tert-alkyl or cyclic N) is 2. The first kappa shape index (κ1) is 12.9. The van der Waals surface area contributed by atoms with E-state index in [1.165, 1.54) is 17.0 Å². The van der Waals surface area contributed by atoms with Crippen molar-refractivity contribution in [1.82, 2.24) is 4.90 Å². The second kappa shape index (κ2) is 4.99. The highest BCUT2D eigenvalue weighted by atomic mass is 19.2. The van der Waals surface area contributed by atoms with Gasteiger partial charge in [-0.25, -0.2) is 8.78 Å². The molecule has 1 aliphatic rings. The summed E-state index contributed by atoms with van der Waals surface area (Å²) in [6.07, 6.45) is -2.25. The van der Waals surface area contributed by atoms with Crippen molar-refractivity contribution in [2.75, 3.05) is 13.1 Å². The Hall–Kier alpha value is -1.53. The van der Waals surface area contributed by atoms with E-state index in [2.05, 4.69) is 0 Å². The van der Waals surface area contributed by atoms with Gasteiger partial charge in [0.25, 0.3) is 0 Å². The number of nitrogens with zero attached hydrogens (tertiary/aromatic N) is 1. The molecular formula is C12H13F2NO3. The van der Waals surface area contributed by atoms with Gasteiger partial charge < -0.3 is 15.1 Å². The van der Waals surface area contributed by atoms with Gasteiger partial charge in [0.15, 0.2) is 11.6 Å². The van der Waals surface area contributed by atoms with Gasteiger partial charge in [-0.3, -0.25) is 4.79 Å². The molecule has 98 valence electrons. The summed E-state index contributed by atoms with van der Waals surface area (Å²) < 4.78 is 26.3. The van der Waals surface area contributed by atoms with Gasteiger partial charge >= 0.3 is 0 Å². The van der Waals surface area contributed by atoms with E-state index in [9.17, 15) is 23.8 Å². The number of carbonyl (C=O) groups excluding carboxylic acids is 1. The lowest BCUT2D eigenvalue weighted by atomic mass is 10.1. The number of aliphatic hydroxyl groups excluding tert-OH is 2. The zero-order chi connectivity index (χ0) is 13.3. The van der Waals surface area contributed by atoms with E-state index in [1.807, 2.05) is 0 Å². The summed E-state index contributed by atoms with van der Waals surface area (Å²) >= 11 is 0. The van der Waals surface area contributed by atoms with Crippen molar-refractivity contribution in [2.24, 2.45) is 0 Å². The van der Waals surface area contributed by atoms with Crippen LogP contribution in [0.1, 0.15) is 5.56 Å². The van der Waals surface area contributed by atoms with E-state index in [0.29, 0.717) is 0 Å². The van der Waals surface area contributed by atoms with Crippen molar-refractivity contribution in [2.45, 2.75) is 18.6 Å².